The van der Waals surface area contributed by atoms with Crippen molar-refractivity contribution in [1.82, 2.24) is 15.2 Å². The molecule has 0 spiro atoms. The molecule has 2 N–H and O–H groups in total. The van der Waals surface area contributed by atoms with Gasteiger partial charge in [0.05, 0.1) is 12.6 Å². The average Bonchev–Trinajstić information content (AvgIpc) is 2.89. The molecule has 1 heterocycles. The number of benzene rings is 1. The highest BCUT2D eigenvalue weighted by molar-refractivity contribution is 14.0. The van der Waals surface area contributed by atoms with Gasteiger partial charge in [0, 0.05) is 30.5 Å². The number of aliphatic imine (C=N–C) groups is 1. The second-order valence-electron chi connectivity index (χ2n) is 4.92. The summed E-state index contributed by atoms with van der Waals surface area (Å²) in [4.78, 5) is 4.28. The number of halogens is 2. The van der Waals surface area contributed by atoms with Crippen LogP contribution in [0.15, 0.2) is 52.1 Å². The quantitative estimate of drug-likeness (QED) is 0.400. The second-order valence-corrected chi connectivity index (χ2v) is 5.78. The van der Waals surface area contributed by atoms with Crippen molar-refractivity contribution in [2.45, 2.75) is 19.5 Å². The number of aromatic nitrogens is 1. The van der Waals surface area contributed by atoms with E-state index in [1.807, 2.05) is 37.5 Å². The number of guanidine groups is 1. The zero-order chi connectivity index (χ0) is 15.2. The molecule has 1 aromatic carbocycles. The fraction of sp³-hybridized carbons (Fsp3) is 0.312. The van der Waals surface area contributed by atoms with Gasteiger partial charge >= 0.3 is 0 Å². The molecule has 0 aliphatic rings. The molecule has 0 saturated heterocycles. The number of nitrogens with one attached hydrogen (secondary N) is 2. The lowest BCUT2D eigenvalue weighted by Crippen LogP contribution is -2.38. The molecule has 2 aromatic rings. The Balaban J connectivity index is 0.00000242. The summed E-state index contributed by atoms with van der Waals surface area (Å²) >= 11 is 3.59. The van der Waals surface area contributed by atoms with Crippen molar-refractivity contribution < 1.29 is 0 Å². The Morgan fingerprint density at radius 1 is 1.27 bits per heavy atom. The highest BCUT2D eigenvalue weighted by atomic mass is 127. The van der Waals surface area contributed by atoms with E-state index in [-0.39, 0.29) is 30.0 Å². The predicted octanol–water partition coefficient (Wildman–Crippen LogP) is 3.83. The summed E-state index contributed by atoms with van der Waals surface area (Å²) < 4.78 is 3.19. The number of hydrogen-bond donors (Lipinski definition) is 2. The zero-order valence-corrected chi connectivity index (χ0v) is 16.9. The Morgan fingerprint density at radius 3 is 2.59 bits per heavy atom. The van der Waals surface area contributed by atoms with Crippen LogP contribution in [0.2, 0.25) is 0 Å². The normalized spacial score (nSPS) is 12.5. The molecular formula is C16H22BrIN4. The number of aryl methyl sites for hydroxylation is 1. The summed E-state index contributed by atoms with van der Waals surface area (Å²) in [5.41, 5.74) is 2.42. The predicted molar refractivity (Wildman–Crippen MR) is 107 cm³/mol. The minimum absolute atomic E-state index is 0. The van der Waals surface area contributed by atoms with Crippen molar-refractivity contribution in [2.24, 2.45) is 12.0 Å². The van der Waals surface area contributed by atoms with Crippen LogP contribution in [-0.4, -0.2) is 17.6 Å². The first-order valence-electron chi connectivity index (χ1n) is 6.93. The molecule has 1 atom stereocenters. The van der Waals surface area contributed by atoms with Crippen molar-refractivity contribution in [3.8, 4) is 0 Å². The summed E-state index contributed by atoms with van der Waals surface area (Å²) in [7, 11) is 3.82. The monoisotopic (exact) mass is 476 g/mol. The van der Waals surface area contributed by atoms with E-state index in [4.69, 9.17) is 0 Å². The van der Waals surface area contributed by atoms with Gasteiger partial charge in [-0.25, -0.2) is 0 Å². The SMILES string of the molecule is CN=C(NCc1cccn1C)NC(C)c1ccccc1Br.I. The van der Waals surface area contributed by atoms with E-state index in [1.165, 1.54) is 11.3 Å². The maximum absolute atomic E-state index is 4.28. The lowest BCUT2D eigenvalue weighted by atomic mass is 10.1. The average molecular weight is 477 g/mol. The van der Waals surface area contributed by atoms with E-state index in [0.717, 1.165) is 17.0 Å². The van der Waals surface area contributed by atoms with Crippen LogP contribution < -0.4 is 10.6 Å². The van der Waals surface area contributed by atoms with Gasteiger partial charge in [0.2, 0.25) is 0 Å². The van der Waals surface area contributed by atoms with Crippen LogP contribution in [0.5, 0.6) is 0 Å². The van der Waals surface area contributed by atoms with E-state index >= 15 is 0 Å². The van der Waals surface area contributed by atoms with Gasteiger partial charge < -0.3 is 15.2 Å². The van der Waals surface area contributed by atoms with E-state index < -0.39 is 0 Å². The lowest BCUT2D eigenvalue weighted by molar-refractivity contribution is 0.674. The second kappa shape index (κ2) is 9.19. The van der Waals surface area contributed by atoms with Gasteiger partial charge in [-0.3, -0.25) is 4.99 Å². The molecule has 4 nitrogen and oxygen atoms in total. The molecule has 2 rings (SSSR count). The van der Waals surface area contributed by atoms with Crippen molar-refractivity contribution in [3.63, 3.8) is 0 Å². The van der Waals surface area contributed by atoms with Gasteiger partial charge in [0.15, 0.2) is 5.96 Å². The molecule has 0 radical (unpaired) electrons. The molecule has 120 valence electrons. The third kappa shape index (κ3) is 5.01. The van der Waals surface area contributed by atoms with Crippen LogP contribution in [0.1, 0.15) is 24.2 Å². The standard InChI is InChI=1S/C16H21BrN4.HI/c1-12(14-8-4-5-9-15(14)17)20-16(18-2)19-11-13-7-6-10-21(13)3;/h4-10,12H,11H2,1-3H3,(H2,18,19,20);1H. The first kappa shape index (κ1) is 19.0. The summed E-state index contributed by atoms with van der Waals surface area (Å²) in [6.45, 7) is 2.86. The maximum atomic E-state index is 4.28. The molecule has 1 aromatic heterocycles. The van der Waals surface area contributed by atoms with Gasteiger partial charge in [-0.05, 0) is 30.7 Å². The molecule has 22 heavy (non-hydrogen) atoms. The van der Waals surface area contributed by atoms with E-state index in [1.54, 1.807) is 7.05 Å². The van der Waals surface area contributed by atoms with Gasteiger partial charge in [-0.15, -0.1) is 24.0 Å². The third-order valence-electron chi connectivity index (χ3n) is 3.44. The third-order valence-corrected chi connectivity index (χ3v) is 4.16. The number of nitrogens with zero attached hydrogens (tertiary/aromatic N) is 2. The molecule has 0 aliphatic heterocycles. The van der Waals surface area contributed by atoms with Crippen LogP contribution >= 0.6 is 39.9 Å². The summed E-state index contributed by atoms with van der Waals surface area (Å²) in [6.07, 6.45) is 2.04. The summed E-state index contributed by atoms with van der Waals surface area (Å²) in [5, 5.41) is 6.74. The minimum Gasteiger partial charge on any atom is -0.353 e. The van der Waals surface area contributed by atoms with Crippen molar-refractivity contribution >= 4 is 45.9 Å². The maximum Gasteiger partial charge on any atom is 0.191 e. The first-order chi connectivity index (χ1) is 10.1. The Kier molecular flexibility index (Phi) is 7.95. The number of rotatable bonds is 4. The fourth-order valence-corrected chi connectivity index (χ4v) is 2.79. The summed E-state index contributed by atoms with van der Waals surface area (Å²) in [6, 6.07) is 12.5. The van der Waals surface area contributed by atoms with Crippen molar-refractivity contribution in [1.29, 1.82) is 0 Å². The Morgan fingerprint density at radius 2 is 2.00 bits per heavy atom. The largest absolute Gasteiger partial charge is 0.353 e. The number of hydrogen-bond acceptors (Lipinski definition) is 1. The van der Waals surface area contributed by atoms with E-state index in [2.05, 4.69) is 55.2 Å². The first-order valence-corrected chi connectivity index (χ1v) is 7.73. The molecular weight excluding hydrogens is 455 g/mol. The minimum atomic E-state index is 0. The van der Waals surface area contributed by atoms with Crippen LogP contribution in [0.4, 0.5) is 0 Å². The van der Waals surface area contributed by atoms with Gasteiger partial charge in [0.25, 0.3) is 0 Å². The van der Waals surface area contributed by atoms with Crippen molar-refractivity contribution in [3.05, 3.63) is 58.3 Å². The zero-order valence-electron chi connectivity index (χ0n) is 13.0. The Hall–Kier alpha value is -1.02. The van der Waals surface area contributed by atoms with Crippen molar-refractivity contribution in [2.75, 3.05) is 7.05 Å². The Labute approximate surface area is 157 Å². The lowest BCUT2D eigenvalue weighted by Gasteiger charge is -2.19. The van der Waals surface area contributed by atoms with Crippen LogP contribution in [0, 0.1) is 0 Å². The molecule has 0 saturated carbocycles. The molecule has 0 aliphatic carbocycles. The highest BCUT2D eigenvalue weighted by Crippen LogP contribution is 2.22. The van der Waals surface area contributed by atoms with Crippen LogP contribution in [0.3, 0.4) is 0 Å². The van der Waals surface area contributed by atoms with Crippen LogP contribution in [-0.2, 0) is 13.6 Å². The molecule has 1 unspecified atom stereocenters. The molecule has 0 fully saturated rings. The highest BCUT2D eigenvalue weighted by Gasteiger charge is 2.10. The van der Waals surface area contributed by atoms with Crippen LogP contribution in [0.25, 0.3) is 0 Å². The molecule has 0 amide bonds. The van der Waals surface area contributed by atoms with Gasteiger partial charge in [-0.1, -0.05) is 34.1 Å². The Bertz CT molecular complexity index is 624. The molecule has 0 bridgehead atoms. The molecule has 6 heteroatoms. The topological polar surface area (TPSA) is 41.4 Å². The van der Waals surface area contributed by atoms with E-state index in [9.17, 15) is 0 Å². The summed E-state index contributed by atoms with van der Waals surface area (Å²) in [5.74, 6) is 0.791. The fourth-order valence-electron chi connectivity index (χ4n) is 2.16. The van der Waals surface area contributed by atoms with Gasteiger partial charge in [-0.2, -0.15) is 0 Å². The van der Waals surface area contributed by atoms with Gasteiger partial charge in [0.1, 0.15) is 0 Å². The smallest absolute Gasteiger partial charge is 0.191 e. The van der Waals surface area contributed by atoms with E-state index in [0.29, 0.717) is 0 Å².